The number of nitrogens with one attached hydrogen (secondary N) is 1. The van der Waals surface area contributed by atoms with Crippen LogP contribution in [0, 0.1) is 13.8 Å². The van der Waals surface area contributed by atoms with Gasteiger partial charge in [0.25, 0.3) is 5.56 Å². The van der Waals surface area contributed by atoms with Gasteiger partial charge in [0.1, 0.15) is 15.4 Å². The normalized spacial score (nSPS) is 11.4. The zero-order valence-electron chi connectivity index (χ0n) is 8.87. The van der Waals surface area contributed by atoms with E-state index in [1.807, 2.05) is 19.9 Å². The molecule has 3 rings (SSSR count). The molecule has 0 aliphatic heterocycles. The Bertz CT molecular complexity index is 757. The molecule has 0 aromatic carbocycles. The van der Waals surface area contributed by atoms with E-state index in [-0.39, 0.29) is 5.56 Å². The molecular formula is C11H9N3OS. The number of thiophene rings is 1. The Labute approximate surface area is 95.0 Å². The molecule has 0 bridgehead atoms. The molecule has 16 heavy (non-hydrogen) atoms. The highest BCUT2D eigenvalue weighted by Crippen LogP contribution is 2.31. The number of hydrogen-bond acceptors (Lipinski definition) is 4. The minimum atomic E-state index is -0.0578. The molecule has 3 aromatic heterocycles. The van der Waals surface area contributed by atoms with Crippen molar-refractivity contribution in [2.75, 3.05) is 0 Å². The average Bonchev–Trinajstić information content (AvgIpc) is 2.57. The number of pyridine rings is 1. The van der Waals surface area contributed by atoms with Crippen molar-refractivity contribution in [2.45, 2.75) is 13.8 Å². The number of aryl methyl sites for hydroxylation is 2. The fraction of sp³-hybridized carbons (Fsp3) is 0.182. The van der Waals surface area contributed by atoms with E-state index in [0.717, 1.165) is 31.8 Å². The van der Waals surface area contributed by atoms with Gasteiger partial charge in [0.05, 0.1) is 5.69 Å². The smallest absolute Gasteiger partial charge is 0.265 e. The van der Waals surface area contributed by atoms with Crippen molar-refractivity contribution in [2.24, 2.45) is 0 Å². The second-order valence-corrected chi connectivity index (χ2v) is 4.69. The summed E-state index contributed by atoms with van der Waals surface area (Å²) in [5.41, 5.74) is 0.872. The molecular weight excluding hydrogens is 222 g/mol. The van der Waals surface area contributed by atoms with Gasteiger partial charge in [-0.1, -0.05) is 0 Å². The predicted octanol–water partition coefficient (Wildman–Crippen LogP) is 2.15. The summed E-state index contributed by atoms with van der Waals surface area (Å²) in [5, 5.41) is 1.94. The van der Waals surface area contributed by atoms with Gasteiger partial charge in [-0.15, -0.1) is 11.3 Å². The third-order valence-corrected chi connectivity index (χ3v) is 3.65. The average molecular weight is 231 g/mol. The molecule has 0 saturated heterocycles. The van der Waals surface area contributed by atoms with E-state index >= 15 is 0 Å². The minimum Gasteiger partial charge on any atom is -0.328 e. The third kappa shape index (κ3) is 1.18. The lowest BCUT2D eigenvalue weighted by Crippen LogP contribution is -2.01. The summed E-state index contributed by atoms with van der Waals surface area (Å²) in [5.74, 6) is 0.744. The van der Waals surface area contributed by atoms with Crippen LogP contribution in [-0.4, -0.2) is 15.0 Å². The molecule has 0 amide bonds. The summed E-state index contributed by atoms with van der Waals surface area (Å²) in [6.45, 7) is 3.81. The Balaban J connectivity index is 2.67. The van der Waals surface area contributed by atoms with Gasteiger partial charge in [-0.25, -0.2) is 9.97 Å². The van der Waals surface area contributed by atoms with Crippen LogP contribution in [0.1, 0.15) is 11.5 Å². The van der Waals surface area contributed by atoms with E-state index in [2.05, 4.69) is 15.0 Å². The monoisotopic (exact) mass is 231 g/mol. The molecule has 3 heterocycles. The van der Waals surface area contributed by atoms with Crippen molar-refractivity contribution in [1.82, 2.24) is 15.0 Å². The summed E-state index contributed by atoms with van der Waals surface area (Å²) < 4.78 is 0.723. The second-order valence-electron chi connectivity index (χ2n) is 3.69. The standard InChI is InChI=1S/C11H9N3OS/c1-5-8-7-3-4-12-10(15)9(7)16-11(8)14-6(2)13-5/h3-4H,1-2H3,(H,12,15). The predicted molar refractivity (Wildman–Crippen MR) is 65.0 cm³/mol. The van der Waals surface area contributed by atoms with Crippen LogP contribution in [-0.2, 0) is 0 Å². The SMILES string of the molecule is Cc1nc(C)c2c(n1)sc1c(=O)[nH]ccc12. The lowest BCUT2D eigenvalue weighted by atomic mass is 10.2. The Morgan fingerprint density at radius 1 is 1.31 bits per heavy atom. The maximum Gasteiger partial charge on any atom is 0.265 e. The van der Waals surface area contributed by atoms with E-state index in [0.29, 0.717) is 0 Å². The van der Waals surface area contributed by atoms with Crippen molar-refractivity contribution < 1.29 is 0 Å². The van der Waals surface area contributed by atoms with Crippen molar-refractivity contribution in [3.8, 4) is 0 Å². The molecule has 0 fully saturated rings. The van der Waals surface area contributed by atoms with Crippen LogP contribution in [0.3, 0.4) is 0 Å². The van der Waals surface area contributed by atoms with Crippen molar-refractivity contribution in [1.29, 1.82) is 0 Å². The van der Waals surface area contributed by atoms with E-state index in [1.54, 1.807) is 6.20 Å². The summed E-state index contributed by atoms with van der Waals surface area (Å²) in [7, 11) is 0. The van der Waals surface area contributed by atoms with Crippen LogP contribution in [0.15, 0.2) is 17.1 Å². The van der Waals surface area contributed by atoms with E-state index in [9.17, 15) is 4.79 Å². The molecule has 0 unspecified atom stereocenters. The number of aromatic amines is 1. The topological polar surface area (TPSA) is 58.6 Å². The van der Waals surface area contributed by atoms with E-state index < -0.39 is 0 Å². The first-order valence-electron chi connectivity index (χ1n) is 4.92. The summed E-state index contributed by atoms with van der Waals surface area (Å²) in [6.07, 6.45) is 1.66. The molecule has 3 aromatic rings. The number of rotatable bonds is 0. The van der Waals surface area contributed by atoms with Gasteiger partial charge < -0.3 is 4.98 Å². The molecule has 5 heteroatoms. The van der Waals surface area contributed by atoms with Crippen LogP contribution >= 0.6 is 11.3 Å². The highest BCUT2D eigenvalue weighted by molar-refractivity contribution is 7.25. The molecule has 0 aliphatic carbocycles. The van der Waals surface area contributed by atoms with Crippen LogP contribution in [0.5, 0.6) is 0 Å². The summed E-state index contributed by atoms with van der Waals surface area (Å²) in [4.78, 5) is 23.9. The van der Waals surface area contributed by atoms with Crippen molar-refractivity contribution in [3.05, 3.63) is 34.1 Å². The second kappa shape index (κ2) is 3.12. The van der Waals surface area contributed by atoms with Gasteiger partial charge in [-0.3, -0.25) is 4.79 Å². The molecule has 0 radical (unpaired) electrons. The maximum atomic E-state index is 11.7. The Morgan fingerprint density at radius 2 is 2.12 bits per heavy atom. The number of H-pyrrole nitrogens is 1. The first kappa shape index (κ1) is 9.47. The van der Waals surface area contributed by atoms with Gasteiger partial charge in [0.2, 0.25) is 0 Å². The minimum absolute atomic E-state index is 0.0578. The van der Waals surface area contributed by atoms with Crippen molar-refractivity contribution in [3.63, 3.8) is 0 Å². The molecule has 80 valence electrons. The third-order valence-electron chi connectivity index (χ3n) is 2.55. The van der Waals surface area contributed by atoms with Crippen molar-refractivity contribution >= 4 is 31.6 Å². The molecule has 1 N–H and O–H groups in total. The Kier molecular flexibility index (Phi) is 1.85. The molecule has 0 saturated carbocycles. The zero-order valence-corrected chi connectivity index (χ0v) is 9.68. The van der Waals surface area contributed by atoms with Gasteiger partial charge in [0.15, 0.2) is 0 Å². The first-order chi connectivity index (χ1) is 7.66. The van der Waals surface area contributed by atoms with Gasteiger partial charge >= 0.3 is 0 Å². The molecule has 0 spiro atoms. The number of aromatic nitrogens is 3. The molecule has 4 nitrogen and oxygen atoms in total. The quantitative estimate of drug-likeness (QED) is 0.645. The van der Waals surface area contributed by atoms with Crippen LogP contribution < -0.4 is 5.56 Å². The molecule has 0 aliphatic rings. The van der Waals surface area contributed by atoms with E-state index in [1.165, 1.54) is 11.3 Å². The van der Waals surface area contributed by atoms with Gasteiger partial charge in [-0.2, -0.15) is 0 Å². The number of nitrogens with zero attached hydrogens (tertiary/aromatic N) is 2. The van der Waals surface area contributed by atoms with E-state index in [4.69, 9.17) is 0 Å². The largest absolute Gasteiger partial charge is 0.328 e. The highest BCUT2D eigenvalue weighted by atomic mass is 32.1. The fourth-order valence-corrected chi connectivity index (χ4v) is 3.09. The first-order valence-corrected chi connectivity index (χ1v) is 5.73. The maximum absolute atomic E-state index is 11.7. The molecule has 0 atom stereocenters. The van der Waals surface area contributed by atoms with Crippen LogP contribution in [0.25, 0.3) is 20.3 Å². The number of fused-ring (bicyclic) bond motifs is 3. The number of hydrogen-bond donors (Lipinski definition) is 1. The lowest BCUT2D eigenvalue weighted by Gasteiger charge is -1.97. The van der Waals surface area contributed by atoms with Crippen LogP contribution in [0.2, 0.25) is 0 Å². The zero-order chi connectivity index (χ0) is 11.3. The summed E-state index contributed by atoms with van der Waals surface area (Å²) in [6, 6.07) is 1.90. The Hall–Kier alpha value is -1.75. The van der Waals surface area contributed by atoms with Gasteiger partial charge in [-0.05, 0) is 19.9 Å². The highest BCUT2D eigenvalue weighted by Gasteiger charge is 2.11. The Morgan fingerprint density at radius 3 is 2.94 bits per heavy atom. The summed E-state index contributed by atoms with van der Waals surface area (Å²) >= 11 is 1.42. The fourth-order valence-electron chi connectivity index (χ4n) is 1.92. The van der Waals surface area contributed by atoms with Gasteiger partial charge in [0, 0.05) is 17.0 Å². The lowest BCUT2D eigenvalue weighted by molar-refractivity contribution is 1.06. The van der Waals surface area contributed by atoms with Crippen LogP contribution in [0.4, 0.5) is 0 Å².